The fraction of sp³-hybridized carbons (Fsp3) is 0.500. The normalized spacial score (nSPS) is 16.5. The fourth-order valence-corrected chi connectivity index (χ4v) is 2.19. The molecule has 90 valence electrons. The zero-order valence-corrected chi connectivity index (χ0v) is 11.0. The summed E-state index contributed by atoms with van der Waals surface area (Å²) < 4.78 is 6.14. The summed E-state index contributed by atoms with van der Waals surface area (Å²) in [6.07, 6.45) is 3.85. The quantitative estimate of drug-likeness (QED) is 0.931. The molecule has 17 heavy (non-hydrogen) atoms. The highest BCUT2D eigenvalue weighted by atomic mass is 79.9. The maximum absolute atomic E-state index is 9.01. The number of hydrogen-bond donors (Lipinski definition) is 1. The van der Waals surface area contributed by atoms with Gasteiger partial charge in [0.1, 0.15) is 11.9 Å². The number of nitrogens with one attached hydrogen (secondary N) is 1. The number of ether oxygens (including phenoxy) is 1. The van der Waals surface area contributed by atoms with Crippen LogP contribution >= 0.6 is 15.9 Å². The zero-order valence-electron chi connectivity index (χ0n) is 9.45. The minimum atomic E-state index is 0.575. The van der Waals surface area contributed by atoms with Gasteiger partial charge in [-0.2, -0.15) is 5.26 Å². The summed E-state index contributed by atoms with van der Waals surface area (Å²) in [7, 11) is 0. The Labute approximate surface area is 109 Å². The summed E-state index contributed by atoms with van der Waals surface area (Å²) in [5.74, 6) is 1.28. The molecule has 2 rings (SSSR count). The second-order valence-corrected chi connectivity index (χ2v) is 5.01. The van der Waals surface area contributed by atoms with E-state index >= 15 is 0 Å². The topological polar surface area (TPSA) is 57.9 Å². The van der Waals surface area contributed by atoms with Crippen molar-refractivity contribution >= 4 is 21.7 Å². The van der Waals surface area contributed by atoms with Gasteiger partial charge in [0.15, 0.2) is 0 Å². The van der Waals surface area contributed by atoms with Gasteiger partial charge in [0.25, 0.3) is 0 Å². The van der Waals surface area contributed by atoms with Crippen molar-refractivity contribution in [2.75, 3.05) is 25.1 Å². The number of aromatic nitrogens is 1. The van der Waals surface area contributed by atoms with E-state index in [9.17, 15) is 0 Å². The molecule has 0 radical (unpaired) electrons. The summed E-state index contributed by atoms with van der Waals surface area (Å²) in [4.78, 5) is 4.22. The highest BCUT2D eigenvalue weighted by molar-refractivity contribution is 9.10. The third-order valence-corrected chi connectivity index (χ3v) is 3.31. The van der Waals surface area contributed by atoms with Gasteiger partial charge in [-0.25, -0.2) is 4.98 Å². The van der Waals surface area contributed by atoms with Crippen LogP contribution < -0.4 is 5.32 Å². The van der Waals surface area contributed by atoms with E-state index in [1.54, 1.807) is 12.3 Å². The number of hydrogen-bond acceptors (Lipinski definition) is 4. The van der Waals surface area contributed by atoms with Gasteiger partial charge in [-0.15, -0.1) is 0 Å². The van der Waals surface area contributed by atoms with Crippen molar-refractivity contribution in [1.82, 2.24) is 4.98 Å². The SMILES string of the molecule is N#Cc1cc(Br)cnc1NCC1CCOCC1. The molecular formula is C12H14BrN3O. The molecule has 5 heteroatoms. The van der Waals surface area contributed by atoms with Gasteiger partial charge in [-0.1, -0.05) is 0 Å². The first kappa shape index (κ1) is 12.3. The first-order chi connectivity index (χ1) is 8.29. The van der Waals surface area contributed by atoms with Crippen LogP contribution in [0.4, 0.5) is 5.82 Å². The molecule has 1 aromatic heterocycles. The lowest BCUT2D eigenvalue weighted by atomic mass is 10.0. The third-order valence-electron chi connectivity index (χ3n) is 2.87. The summed E-state index contributed by atoms with van der Waals surface area (Å²) in [5.41, 5.74) is 0.575. The summed E-state index contributed by atoms with van der Waals surface area (Å²) in [5, 5.41) is 12.3. The highest BCUT2D eigenvalue weighted by Gasteiger charge is 2.14. The van der Waals surface area contributed by atoms with Gasteiger partial charge < -0.3 is 10.1 Å². The molecule has 1 aromatic rings. The van der Waals surface area contributed by atoms with Crippen molar-refractivity contribution in [2.24, 2.45) is 5.92 Å². The van der Waals surface area contributed by atoms with Gasteiger partial charge >= 0.3 is 0 Å². The predicted octanol–water partition coefficient (Wildman–Crippen LogP) is 2.55. The van der Waals surface area contributed by atoms with Crippen molar-refractivity contribution in [1.29, 1.82) is 5.26 Å². The number of pyridine rings is 1. The molecule has 1 N–H and O–H groups in total. The molecular weight excluding hydrogens is 282 g/mol. The minimum Gasteiger partial charge on any atom is -0.381 e. The lowest BCUT2D eigenvalue weighted by Gasteiger charge is -2.22. The van der Waals surface area contributed by atoms with Crippen LogP contribution in [0.15, 0.2) is 16.7 Å². The van der Waals surface area contributed by atoms with Crippen molar-refractivity contribution in [3.05, 3.63) is 22.3 Å². The standard InChI is InChI=1S/C12H14BrN3O/c13-11-5-10(6-14)12(16-8-11)15-7-9-1-3-17-4-2-9/h5,8-9H,1-4,7H2,(H,15,16). The van der Waals surface area contributed by atoms with Gasteiger partial charge in [0.2, 0.25) is 0 Å². The molecule has 0 amide bonds. The van der Waals surface area contributed by atoms with E-state index in [0.717, 1.165) is 37.1 Å². The van der Waals surface area contributed by atoms with Crippen LogP contribution in [0.1, 0.15) is 18.4 Å². The Morgan fingerprint density at radius 3 is 3.00 bits per heavy atom. The molecule has 0 atom stereocenters. The van der Waals surface area contributed by atoms with Crippen LogP contribution in [-0.4, -0.2) is 24.7 Å². The molecule has 0 aliphatic carbocycles. The number of rotatable bonds is 3. The van der Waals surface area contributed by atoms with Gasteiger partial charge in [0.05, 0.1) is 5.56 Å². The Kier molecular flexibility index (Phi) is 4.35. The largest absolute Gasteiger partial charge is 0.381 e. The Bertz CT molecular complexity index is 424. The van der Waals surface area contributed by atoms with Crippen LogP contribution in [0.2, 0.25) is 0 Å². The van der Waals surface area contributed by atoms with Crippen LogP contribution in [0.5, 0.6) is 0 Å². The maximum Gasteiger partial charge on any atom is 0.143 e. The number of nitriles is 1. The lowest BCUT2D eigenvalue weighted by molar-refractivity contribution is 0.0699. The van der Waals surface area contributed by atoms with Gasteiger partial charge in [-0.05, 0) is 40.8 Å². The molecule has 0 unspecified atom stereocenters. The zero-order chi connectivity index (χ0) is 12.1. The third kappa shape index (κ3) is 3.42. The van der Waals surface area contributed by atoms with E-state index in [-0.39, 0.29) is 0 Å². The smallest absolute Gasteiger partial charge is 0.143 e. The summed E-state index contributed by atoms with van der Waals surface area (Å²) >= 11 is 3.31. The highest BCUT2D eigenvalue weighted by Crippen LogP contribution is 2.19. The van der Waals surface area contributed by atoms with Crippen molar-refractivity contribution in [2.45, 2.75) is 12.8 Å². The number of halogens is 1. The molecule has 0 aromatic carbocycles. The Morgan fingerprint density at radius 1 is 1.53 bits per heavy atom. The first-order valence-corrected chi connectivity index (χ1v) is 6.46. The molecule has 2 heterocycles. The molecule has 0 saturated carbocycles. The van der Waals surface area contributed by atoms with Crippen LogP contribution in [0.25, 0.3) is 0 Å². The number of nitrogens with zero attached hydrogens (tertiary/aromatic N) is 2. The Balaban J connectivity index is 1.96. The molecule has 0 spiro atoms. The number of anilines is 1. The molecule has 1 saturated heterocycles. The maximum atomic E-state index is 9.01. The lowest BCUT2D eigenvalue weighted by Crippen LogP contribution is -2.23. The van der Waals surface area contributed by atoms with E-state index < -0.39 is 0 Å². The second-order valence-electron chi connectivity index (χ2n) is 4.10. The van der Waals surface area contributed by atoms with Crippen molar-refractivity contribution < 1.29 is 4.74 Å². The molecule has 1 aliphatic heterocycles. The van der Waals surface area contributed by atoms with E-state index in [2.05, 4.69) is 32.3 Å². The van der Waals surface area contributed by atoms with Crippen LogP contribution in [0.3, 0.4) is 0 Å². The predicted molar refractivity (Wildman–Crippen MR) is 68.7 cm³/mol. The average molecular weight is 296 g/mol. The van der Waals surface area contributed by atoms with E-state index in [1.165, 1.54) is 0 Å². The van der Waals surface area contributed by atoms with E-state index in [0.29, 0.717) is 17.3 Å². The molecule has 0 bridgehead atoms. The summed E-state index contributed by atoms with van der Waals surface area (Å²) in [6, 6.07) is 3.92. The van der Waals surface area contributed by atoms with Crippen LogP contribution in [-0.2, 0) is 4.74 Å². The van der Waals surface area contributed by atoms with Gasteiger partial charge in [0, 0.05) is 30.4 Å². The van der Waals surface area contributed by atoms with E-state index in [1.807, 2.05) is 0 Å². The average Bonchev–Trinajstić information content (AvgIpc) is 2.38. The second kappa shape index (κ2) is 5.99. The molecule has 1 aliphatic rings. The Morgan fingerprint density at radius 2 is 2.29 bits per heavy atom. The van der Waals surface area contributed by atoms with E-state index in [4.69, 9.17) is 10.00 Å². The first-order valence-electron chi connectivity index (χ1n) is 5.67. The summed E-state index contributed by atoms with van der Waals surface area (Å²) in [6.45, 7) is 2.53. The molecule has 1 fully saturated rings. The van der Waals surface area contributed by atoms with Crippen molar-refractivity contribution in [3.63, 3.8) is 0 Å². The fourth-order valence-electron chi connectivity index (χ4n) is 1.86. The van der Waals surface area contributed by atoms with Crippen LogP contribution in [0, 0.1) is 17.2 Å². The minimum absolute atomic E-state index is 0.575. The van der Waals surface area contributed by atoms with Crippen molar-refractivity contribution in [3.8, 4) is 6.07 Å². The Hall–Kier alpha value is -1.12. The van der Waals surface area contributed by atoms with Gasteiger partial charge in [-0.3, -0.25) is 0 Å². The monoisotopic (exact) mass is 295 g/mol. The molecule has 4 nitrogen and oxygen atoms in total.